The summed E-state index contributed by atoms with van der Waals surface area (Å²) in [6.07, 6.45) is 0.715. The van der Waals surface area contributed by atoms with Gasteiger partial charge in [-0.25, -0.2) is 0 Å². The number of nitrogens with zero attached hydrogens (tertiary/aromatic N) is 1. The van der Waals surface area contributed by atoms with E-state index < -0.39 is 12.1 Å². The first-order chi connectivity index (χ1) is 6.64. The molecule has 0 aliphatic heterocycles. The van der Waals surface area contributed by atoms with Gasteiger partial charge in [0.1, 0.15) is 0 Å². The summed E-state index contributed by atoms with van der Waals surface area (Å²) in [5, 5.41) is 9.69. The fourth-order valence-corrected chi connectivity index (χ4v) is 9.79. The van der Waals surface area contributed by atoms with Crippen molar-refractivity contribution >= 4 is 22.2 Å². The van der Waals surface area contributed by atoms with Crippen LogP contribution in [0.15, 0.2) is 35.2 Å². The van der Waals surface area contributed by atoms with Crippen LogP contribution in [0.3, 0.4) is 0 Å². The van der Waals surface area contributed by atoms with Gasteiger partial charge in [0.2, 0.25) is 0 Å². The van der Waals surface area contributed by atoms with E-state index in [2.05, 4.69) is 41.8 Å². The van der Waals surface area contributed by atoms with Crippen LogP contribution in [0.5, 0.6) is 0 Å². The average molecular weight is 266 g/mol. The van der Waals surface area contributed by atoms with E-state index in [9.17, 15) is 0 Å². The molecule has 0 heterocycles. The molecule has 0 aliphatic rings. The van der Waals surface area contributed by atoms with Gasteiger partial charge in [-0.15, -0.1) is 0 Å². The van der Waals surface area contributed by atoms with Crippen molar-refractivity contribution in [3.05, 3.63) is 30.3 Å². The summed E-state index contributed by atoms with van der Waals surface area (Å²) >= 11 is -1.77. The molecule has 1 nitrogen and oxygen atoms in total. The minimum absolute atomic E-state index is 0.715. The summed E-state index contributed by atoms with van der Waals surface area (Å²) in [7, 11) is 2.02. The van der Waals surface area contributed by atoms with Gasteiger partial charge in [0.25, 0.3) is 0 Å². The van der Waals surface area contributed by atoms with Crippen molar-refractivity contribution in [3.8, 4) is 6.07 Å². The van der Waals surface area contributed by atoms with Gasteiger partial charge in [-0.2, -0.15) is 0 Å². The van der Waals surface area contributed by atoms with Crippen LogP contribution in [-0.2, 0) is 0 Å². The molecule has 0 saturated heterocycles. The molecule has 0 aromatic heterocycles. The van der Waals surface area contributed by atoms with E-state index >= 15 is 0 Å². The van der Waals surface area contributed by atoms with E-state index in [-0.39, 0.29) is 0 Å². The molecular weight excluding hydrogens is 251 g/mol. The zero-order valence-corrected chi connectivity index (χ0v) is 11.6. The molecule has 0 bridgehead atoms. The summed E-state index contributed by atoms with van der Waals surface area (Å²) in [6.45, 7) is 0. The molecule has 74 valence electrons. The molecule has 1 aromatic rings. The van der Waals surface area contributed by atoms with Gasteiger partial charge in [0.15, 0.2) is 0 Å². The molecule has 14 heavy (non-hydrogen) atoms. The van der Waals surface area contributed by atoms with Crippen molar-refractivity contribution in [1.29, 1.82) is 5.26 Å². The molecule has 0 radical (unpaired) electrons. The maximum absolute atomic E-state index is 8.57. The number of rotatable bonds is 4. The Morgan fingerprint density at radius 2 is 1.93 bits per heavy atom. The predicted octanol–water partition coefficient (Wildman–Crippen LogP) is 3.90. The first-order valence-corrected chi connectivity index (χ1v) is 13.8. The van der Waals surface area contributed by atoms with Crippen LogP contribution < -0.4 is 0 Å². The second-order valence-electron chi connectivity index (χ2n) is 3.83. The quantitative estimate of drug-likeness (QED) is 0.771. The monoisotopic (exact) mass is 267 g/mol. The zero-order valence-electron chi connectivity index (χ0n) is 8.66. The molecular formula is C11H15GeNS. The molecule has 3 heteroatoms. The molecule has 1 aromatic carbocycles. The van der Waals surface area contributed by atoms with Crippen molar-refractivity contribution < 1.29 is 0 Å². The summed E-state index contributed by atoms with van der Waals surface area (Å²) < 4.78 is 0. The summed E-state index contributed by atoms with van der Waals surface area (Å²) in [4.78, 5) is 1.36. The molecule has 0 saturated carbocycles. The van der Waals surface area contributed by atoms with Gasteiger partial charge >= 0.3 is 92.0 Å². The molecule has 0 unspecified atom stereocenters. The number of hydrogen-bond donors (Lipinski definition) is 0. The van der Waals surface area contributed by atoms with Crippen LogP contribution in [0.4, 0.5) is 0 Å². The Bertz CT molecular complexity index is 316. The molecule has 0 amide bonds. The Labute approximate surface area is 91.9 Å². The number of hydrogen-bond acceptors (Lipinski definition) is 2. The first kappa shape index (κ1) is 11.7. The van der Waals surface area contributed by atoms with Crippen LogP contribution in [-0.4, -0.2) is 12.1 Å². The Balaban J connectivity index is 2.55. The van der Waals surface area contributed by atoms with Crippen LogP contribution in [0.1, 0.15) is 6.42 Å². The third-order valence-corrected chi connectivity index (χ3v) is 12.1. The molecule has 0 aliphatic carbocycles. The van der Waals surface area contributed by atoms with Gasteiger partial charge in [0, 0.05) is 0 Å². The third kappa shape index (κ3) is 4.21. The minimum atomic E-state index is -1.77. The second kappa shape index (κ2) is 5.48. The first-order valence-electron chi connectivity index (χ1n) is 4.75. The SMILES string of the molecule is [CH3][Ge]([CH3])([CH2]CC#N)[S]c1ccccc1. The van der Waals surface area contributed by atoms with Gasteiger partial charge in [-0.3, -0.25) is 0 Å². The summed E-state index contributed by atoms with van der Waals surface area (Å²) in [5.74, 6) is 4.74. The number of benzene rings is 1. The van der Waals surface area contributed by atoms with Gasteiger partial charge in [-0.05, 0) is 0 Å². The van der Waals surface area contributed by atoms with Crippen LogP contribution in [0.2, 0.25) is 16.8 Å². The Morgan fingerprint density at radius 1 is 1.29 bits per heavy atom. The topological polar surface area (TPSA) is 23.8 Å². The van der Waals surface area contributed by atoms with Gasteiger partial charge < -0.3 is 0 Å². The molecule has 0 N–H and O–H groups in total. The Hall–Kier alpha value is -0.397. The summed E-state index contributed by atoms with van der Waals surface area (Å²) in [5.41, 5.74) is 0. The maximum atomic E-state index is 8.57. The predicted molar refractivity (Wildman–Crippen MR) is 64.8 cm³/mol. The third-order valence-electron chi connectivity index (χ3n) is 1.98. The standard InChI is InChI=1S/C11H15GeNS/c1-12(2,9-6-10-13)14-11-7-4-3-5-8-11/h3-5,7-8H,6,9H2,1-2H3. The fraction of sp³-hybridized carbons (Fsp3) is 0.364. The average Bonchev–Trinajstić information content (AvgIpc) is 2.16. The normalized spacial score (nSPS) is 10.9. The van der Waals surface area contributed by atoms with E-state index in [1.165, 1.54) is 4.90 Å². The zero-order chi connectivity index (χ0) is 10.4. The Kier molecular flexibility index (Phi) is 4.57. The Morgan fingerprint density at radius 3 is 2.50 bits per heavy atom. The number of nitriles is 1. The molecule has 0 spiro atoms. The van der Waals surface area contributed by atoms with Crippen molar-refractivity contribution in [2.75, 3.05) is 0 Å². The van der Waals surface area contributed by atoms with E-state index in [0.29, 0.717) is 6.42 Å². The van der Waals surface area contributed by atoms with E-state index in [1.807, 2.05) is 16.2 Å². The second-order valence-corrected chi connectivity index (χ2v) is 20.0. The van der Waals surface area contributed by atoms with E-state index in [4.69, 9.17) is 5.26 Å². The fourth-order valence-electron chi connectivity index (χ4n) is 1.22. The van der Waals surface area contributed by atoms with Crippen molar-refractivity contribution in [3.63, 3.8) is 0 Å². The van der Waals surface area contributed by atoms with E-state index in [1.54, 1.807) is 0 Å². The van der Waals surface area contributed by atoms with E-state index in [0.717, 1.165) is 5.25 Å². The van der Waals surface area contributed by atoms with Crippen LogP contribution in [0.25, 0.3) is 0 Å². The van der Waals surface area contributed by atoms with Gasteiger partial charge in [-0.1, -0.05) is 0 Å². The van der Waals surface area contributed by atoms with Gasteiger partial charge in [0.05, 0.1) is 0 Å². The van der Waals surface area contributed by atoms with Crippen molar-refractivity contribution in [2.24, 2.45) is 0 Å². The van der Waals surface area contributed by atoms with Crippen LogP contribution >= 0.6 is 10.1 Å². The molecule has 1 rings (SSSR count). The van der Waals surface area contributed by atoms with Crippen molar-refractivity contribution in [1.82, 2.24) is 0 Å². The summed E-state index contributed by atoms with van der Waals surface area (Å²) in [6, 6.07) is 12.7. The molecule has 0 atom stereocenters. The van der Waals surface area contributed by atoms with Crippen LogP contribution in [0, 0.1) is 11.3 Å². The molecule has 0 fully saturated rings. The van der Waals surface area contributed by atoms with Crippen molar-refractivity contribution in [2.45, 2.75) is 28.1 Å².